The predicted octanol–water partition coefficient (Wildman–Crippen LogP) is 1.59. The Bertz CT molecular complexity index is 634. The number of nitrogens with one attached hydrogen (secondary N) is 1. The lowest BCUT2D eigenvalue weighted by Gasteiger charge is -2.30. The van der Waals surface area contributed by atoms with Gasteiger partial charge in [0.1, 0.15) is 0 Å². The monoisotopic (exact) mass is 317 g/mol. The van der Waals surface area contributed by atoms with Gasteiger partial charge >= 0.3 is 0 Å². The van der Waals surface area contributed by atoms with E-state index in [1.54, 1.807) is 30.2 Å². The van der Waals surface area contributed by atoms with Gasteiger partial charge in [-0.3, -0.25) is 19.7 Å². The third-order valence-electron chi connectivity index (χ3n) is 3.92. The van der Waals surface area contributed by atoms with E-state index in [2.05, 4.69) is 5.32 Å². The van der Waals surface area contributed by atoms with Crippen molar-refractivity contribution >= 4 is 23.6 Å². The van der Waals surface area contributed by atoms with Crippen LogP contribution in [0, 0.1) is 16.0 Å². The maximum absolute atomic E-state index is 12.1. The molecule has 7 nitrogen and oxygen atoms in total. The van der Waals surface area contributed by atoms with Gasteiger partial charge in [-0.2, -0.15) is 0 Å². The van der Waals surface area contributed by atoms with Gasteiger partial charge in [0.15, 0.2) is 0 Å². The summed E-state index contributed by atoms with van der Waals surface area (Å²) < 4.78 is 0. The minimum atomic E-state index is -0.470. The van der Waals surface area contributed by atoms with E-state index in [-0.39, 0.29) is 23.4 Å². The quantitative estimate of drug-likeness (QED) is 0.518. The second-order valence-corrected chi connectivity index (χ2v) is 5.40. The third kappa shape index (κ3) is 4.38. The molecule has 1 aliphatic rings. The summed E-state index contributed by atoms with van der Waals surface area (Å²) in [6.45, 7) is 1.08. The first-order chi connectivity index (χ1) is 11.0. The predicted molar refractivity (Wildman–Crippen MR) is 85.5 cm³/mol. The number of likely N-dealkylation sites (tertiary alicyclic amines) is 1. The number of non-ortho nitro benzene ring substituents is 1. The summed E-state index contributed by atoms with van der Waals surface area (Å²) in [7, 11) is 1.61. The molecule has 23 heavy (non-hydrogen) atoms. The number of nitrogens with zero attached hydrogens (tertiary/aromatic N) is 2. The highest BCUT2D eigenvalue weighted by Gasteiger charge is 2.25. The van der Waals surface area contributed by atoms with Crippen LogP contribution in [0.1, 0.15) is 18.4 Å². The van der Waals surface area contributed by atoms with Crippen LogP contribution in [0.3, 0.4) is 0 Å². The van der Waals surface area contributed by atoms with Crippen molar-refractivity contribution in [3.8, 4) is 0 Å². The van der Waals surface area contributed by atoms with Gasteiger partial charge < -0.3 is 10.2 Å². The maximum Gasteiger partial charge on any atom is 0.270 e. The van der Waals surface area contributed by atoms with Gasteiger partial charge in [-0.05, 0) is 24.5 Å². The molecule has 2 rings (SSSR count). The lowest BCUT2D eigenvalue weighted by atomic mass is 9.96. The van der Waals surface area contributed by atoms with E-state index in [1.807, 2.05) is 0 Å². The molecule has 0 radical (unpaired) electrons. The number of hydrogen-bond acceptors (Lipinski definition) is 4. The fourth-order valence-corrected chi connectivity index (χ4v) is 2.58. The number of hydrogen-bond donors (Lipinski definition) is 1. The number of benzene rings is 1. The van der Waals surface area contributed by atoms with Crippen molar-refractivity contribution < 1.29 is 14.5 Å². The van der Waals surface area contributed by atoms with Crippen LogP contribution in [0.4, 0.5) is 5.69 Å². The van der Waals surface area contributed by atoms with Crippen molar-refractivity contribution in [1.29, 1.82) is 0 Å². The SMILES string of the molecule is CNC(=O)C1CCN(C(=O)/C=C/c2cccc([N+](=O)[O-])c2)CC1. The van der Waals surface area contributed by atoms with Crippen LogP contribution < -0.4 is 5.32 Å². The van der Waals surface area contributed by atoms with E-state index in [4.69, 9.17) is 0 Å². The van der Waals surface area contributed by atoms with Crippen LogP contribution in [-0.4, -0.2) is 41.8 Å². The van der Waals surface area contributed by atoms with E-state index in [0.717, 1.165) is 0 Å². The highest BCUT2D eigenvalue weighted by molar-refractivity contribution is 5.92. The van der Waals surface area contributed by atoms with Crippen LogP contribution in [-0.2, 0) is 9.59 Å². The topological polar surface area (TPSA) is 92.6 Å². The zero-order chi connectivity index (χ0) is 16.8. The third-order valence-corrected chi connectivity index (χ3v) is 3.92. The fourth-order valence-electron chi connectivity index (χ4n) is 2.58. The standard InChI is InChI=1S/C16H19N3O4/c1-17-16(21)13-7-9-18(10-8-13)15(20)6-5-12-3-2-4-14(11-12)19(22)23/h2-6,11,13H,7-10H2,1H3,(H,17,21)/b6-5+. The summed E-state index contributed by atoms with van der Waals surface area (Å²) in [6.07, 6.45) is 4.28. The van der Waals surface area contributed by atoms with Crippen molar-refractivity contribution in [2.24, 2.45) is 5.92 Å². The summed E-state index contributed by atoms with van der Waals surface area (Å²) >= 11 is 0. The number of amides is 2. The lowest BCUT2D eigenvalue weighted by molar-refractivity contribution is -0.384. The van der Waals surface area contributed by atoms with E-state index in [9.17, 15) is 19.7 Å². The summed E-state index contributed by atoms with van der Waals surface area (Å²) in [5, 5.41) is 13.4. The molecule has 1 aromatic carbocycles. The number of carbonyl (C=O) groups excluding carboxylic acids is 2. The Morgan fingerprint density at radius 2 is 2.04 bits per heavy atom. The molecule has 0 spiro atoms. The van der Waals surface area contributed by atoms with Crippen LogP contribution >= 0.6 is 0 Å². The Labute approximate surface area is 134 Å². The molecule has 0 saturated carbocycles. The average molecular weight is 317 g/mol. The largest absolute Gasteiger partial charge is 0.359 e. The minimum absolute atomic E-state index is 0.00834. The maximum atomic E-state index is 12.1. The van der Waals surface area contributed by atoms with Crippen LogP contribution in [0.15, 0.2) is 30.3 Å². The molecule has 2 amide bonds. The molecule has 1 aromatic rings. The summed E-state index contributed by atoms with van der Waals surface area (Å²) in [4.78, 5) is 35.6. The molecule has 7 heteroatoms. The molecular formula is C16H19N3O4. The second kappa shape index (κ2) is 7.53. The van der Waals surface area contributed by atoms with Gasteiger partial charge in [0, 0.05) is 44.3 Å². The smallest absolute Gasteiger partial charge is 0.270 e. The van der Waals surface area contributed by atoms with Crippen LogP contribution in [0.2, 0.25) is 0 Å². The van der Waals surface area contributed by atoms with Crippen molar-refractivity contribution in [2.45, 2.75) is 12.8 Å². The van der Waals surface area contributed by atoms with E-state index >= 15 is 0 Å². The van der Waals surface area contributed by atoms with Crippen LogP contribution in [0.5, 0.6) is 0 Å². The highest BCUT2D eigenvalue weighted by Crippen LogP contribution is 2.18. The number of nitro benzene ring substituents is 1. The zero-order valence-corrected chi connectivity index (χ0v) is 12.9. The number of piperidine rings is 1. The minimum Gasteiger partial charge on any atom is -0.359 e. The molecule has 0 aliphatic carbocycles. The molecule has 1 heterocycles. The lowest BCUT2D eigenvalue weighted by Crippen LogP contribution is -2.41. The Balaban J connectivity index is 1.93. The molecule has 0 atom stereocenters. The summed E-state index contributed by atoms with van der Waals surface area (Å²) in [5.74, 6) is -0.166. The van der Waals surface area contributed by atoms with E-state index in [0.29, 0.717) is 31.5 Å². The van der Waals surface area contributed by atoms with Gasteiger partial charge in [-0.15, -0.1) is 0 Å². The Morgan fingerprint density at radius 3 is 2.65 bits per heavy atom. The molecule has 0 aromatic heterocycles. The number of carbonyl (C=O) groups is 2. The first-order valence-corrected chi connectivity index (χ1v) is 7.44. The molecule has 1 fully saturated rings. The molecule has 1 saturated heterocycles. The molecular weight excluding hydrogens is 298 g/mol. The van der Waals surface area contributed by atoms with Crippen molar-refractivity contribution in [2.75, 3.05) is 20.1 Å². The zero-order valence-electron chi connectivity index (χ0n) is 12.9. The Morgan fingerprint density at radius 1 is 1.35 bits per heavy atom. The van der Waals surface area contributed by atoms with Gasteiger partial charge in [0.2, 0.25) is 11.8 Å². The average Bonchev–Trinajstić information content (AvgIpc) is 2.59. The molecule has 0 unspecified atom stereocenters. The molecule has 1 N–H and O–H groups in total. The van der Waals surface area contributed by atoms with Crippen LogP contribution in [0.25, 0.3) is 6.08 Å². The van der Waals surface area contributed by atoms with Gasteiger partial charge in [-0.1, -0.05) is 12.1 Å². The normalized spacial score (nSPS) is 15.6. The van der Waals surface area contributed by atoms with Gasteiger partial charge in [0.25, 0.3) is 5.69 Å². The van der Waals surface area contributed by atoms with Crippen molar-refractivity contribution in [3.63, 3.8) is 0 Å². The van der Waals surface area contributed by atoms with Crippen molar-refractivity contribution in [1.82, 2.24) is 10.2 Å². The molecule has 1 aliphatic heterocycles. The number of nitro groups is 1. The summed E-state index contributed by atoms with van der Waals surface area (Å²) in [6, 6.07) is 6.11. The fraction of sp³-hybridized carbons (Fsp3) is 0.375. The first-order valence-electron chi connectivity index (χ1n) is 7.44. The van der Waals surface area contributed by atoms with Gasteiger partial charge in [0.05, 0.1) is 4.92 Å². The second-order valence-electron chi connectivity index (χ2n) is 5.40. The molecule has 122 valence electrons. The highest BCUT2D eigenvalue weighted by atomic mass is 16.6. The Hall–Kier alpha value is -2.70. The van der Waals surface area contributed by atoms with Crippen molar-refractivity contribution in [3.05, 3.63) is 46.0 Å². The van der Waals surface area contributed by atoms with Gasteiger partial charge in [-0.25, -0.2) is 0 Å². The van der Waals surface area contributed by atoms with E-state index in [1.165, 1.54) is 18.2 Å². The number of rotatable bonds is 4. The Kier molecular flexibility index (Phi) is 5.46. The summed E-state index contributed by atoms with van der Waals surface area (Å²) in [5.41, 5.74) is 0.596. The molecule has 0 bridgehead atoms. The van der Waals surface area contributed by atoms with E-state index < -0.39 is 4.92 Å². The first kappa shape index (κ1) is 16.7.